The van der Waals surface area contributed by atoms with Gasteiger partial charge in [-0.1, -0.05) is 11.6 Å². The van der Waals surface area contributed by atoms with E-state index in [0.29, 0.717) is 28.7 Å². The van der Waals surface area contributed by atoms with Gasteiger partial charge in [-0.2, -0.15) is 5.10 Å². The molecule has 2 atom stereocenters. The molecule has 0 spiro atoms. The molecule has 0 saturated carbocycles. The van der Waals surface area contributed by atoms with E-state index in [9.17, 15) is 0 Å². The number of halogens is 1. The van der Waals surface area contributed by atoms with Gasteiger partial charge in [0, 0.05) is 28.1 Å². The minimum atomic E-state index is -0.520. The van der Waals surface area contributed by atoms with E-state index in [2.05, 4.69) is 0 Å². The van der Waals surface area contributed by atoms with Crippen LogP contribution in [0.2, 0.25) is 5.02 Å². The number of ether oxygens (including phenoxy) is 6. The van der Waals surface area contributed by atoms with Gasteiger partial charge in [-0.25, -0.2) is 5.01 Å². The van der Waals surface area contributed by atoms with Gasteiger partial charge >= 0.3 is 0 Å². The average Bonchev–Trinajstić information content (AvgIpc) is 3.54. The third-order valence-corrected chi connectivity index (χ3v) is 6.67. The van der Waals surface area contributed by atoms with E-state index in [0.717, 1.165) is 39.7 Å². The van der Waals surface area contributed by atoms with E-state index >= 15 is 0 Å². The predicted molar refractivity (Wildman–Crippen MR) is 129 cm³/mol. The Kier molecular flexibility index (Phi) is 5.25. The maximum absolute atomic E-state index is 6.48. The normalized spacial score (nSPS) is 19.4. The van der Waals surface area contributed by atoms with Crippen molar-refractivity contribution in [3.8, 4) is 34.5 Å². The number of benzene rings is 3. The number of hydrazone groups is 1. The zero-order chi connectivity index (χ0) is 24.1. The lowest BCUT2D eigenvalue weighted by atomic mass is 9.95. The number of methoxy groups -OCH3 is 3. The largest absolute Gasteiger partial charge is 0.493 e. The molecule has 6 rings (SSSR count). The minimum Gasteiger partial charge on any atom is -0.493 e. The first-order valence-electron chi connectivity index (χ1n) is 11.1. The Morgan fingerprint density at radius 3 is 2.37 bits per heavy atom. The standard InChI is InChI=1S/C26H23ClN2O6/c1-30-23-9-15(10-24(31-2)25(23)32-3)26-29-19(17-11-16(27)5-7-20(17)35-26)12-18(28-29)14-4-6-21-22(8-14)34-13-33-21/h4-11,19,26H,12-13H2,1-3H3. The Labute approximate surface area is 207 Å². The Bertz CT molecular complexity index is 1320. The van der Waals surface area contributed by atoms with Gasteiger partial charge in [0.1, 0.15) is 5.75 Å². The van der Waals surface area contributed by atoms with Gasteiger partial charge in [0.05, 0.1) is 33.1 Å². The number of rotatable bonds is 5. The predicted octanol–water partition coefficient (Wildman–Crippen LogP) is 5.34. The van der Waals surface area contributed by atoms with Crippen LogP contribution in [0.15, 0.2) is 53.6 Å². The fourth-order valence-corrected chi connectivity index (χ4v) is 4.95. The molecule has 3 aromatic carbocycles. The third kappa shape index (κ3) is 3.56. The highest BCUT2D eigenvalue weighted by Crippen LogP contribution is 2.50. The molecule has 0 fully saturated rings. The van der Waals surface area contributed by atoms with Crippen LogP contribution in [0.5, 0.6) is 34.5 Å². The summed E-state index contributed by atoms with van der Waals surface area (Å²) >= 11 is 6.36. The van der Waals surface area contributed by atoms with Gasteiger partial charge in [0.15, 0.2) is 23.0 Å². The Hall–Kier alpha value is -3.78. The molecular weight excluding hydrogens is 472 g/mol. The maximum atomic E-state index is 6.48. The van der Waals surface area contributed by atoms with Gasteiger partial charge < -0.3 is 28.4 Å². The zero-order valence-electron chi connectivity index (χ0n) is 19.4. The average molecular weight is 495 g/mol. The van der Waals surface area contributed by atoms with E-state index < -0.39 is 6.23 Å². The van der Waals surface area contributed by atoms with Gasteiger partial charge in [-0.05, 0) is 48.5 Å². The molecule has 0 amide bonds. The molecular formula is C26H23ClN2O6. The molecule has 2 unspecified atom stereocenters. The van der Waals surface area contributed by atoms with Gasteiger partial charge in [0.25, 0.3) is 0 Å². The molecule has 3 aliphatic rings. The van der Waals surface area contributed by atoms with E-state index in [1.165, 1.54) is 0 Å². The molecule has 3 heterocycles. The van der Waals surface area contributed by atoms with E-state index in [1.54, 1.807) is 21.3 Å². The number of hydrogen-bond donors (Lipinski definition) is 0. The van der Waals surface area contributed by atoms with Crippen molar-refractivity contribution in [3.05, 3.63) is 70.2 Å². The van der Waals surface area contributed by atoms with Crippen LogP contribution in [-0.4, -0.2) is 38.8 Å². The Morgan fingerprint density at radius 2 is 1.63 bits per heavy atom. The van der Waals surface area contributed by atoms with Crippen molar-refractivity contribution in [2.45, 2.75) is 18.7 Å². The van der Waals surface area contributed by atoms with Crippen molar-refractivity contribution in [1.82, 2.24) is 5.01 Å². The smallest absolute Gasteiger partial charge is 0.231 e. The van der Waals surface area contributed by atoms with Crippen LogP contribution in [0.1, 0.15) is 35.4 Å². The molecule has 0 saturated heterocycles. The first-order valence-corrected chi connectivity index (χ1v) is 11.5. The van der Waals surface area contributed by atoms with Crippen molar-refractivity contribution in [1.29, 1.82) is 0 Å². The summed E-state index contributed by atoms with van der Waals surface area (Å²) in [4.78, 5) is 0. The second-order valence-electron chi connectivity index (χ2n) is 8.33. The van der Waals surface area contributed by atoms with E-state index in [1.807, 2.05) is 53.5 Å². The fraction of sp³-hybridized carbons (Fsp3) is 0.269. The molecule has 8 nitrogen and oxygen atoms in total. The zero-order valence-corrected chi connectivity index (χ0v) is 20.2. The van der Waals surface area contributed by atoms with Crippen LogP contribution >= 0.6 is 11.6 Å². The molecule has 0 radical (unpaired) electrons. The molecule has 3 aromatic rings. The molecule has 0 aromatic heterocycles. The van der Waals surface area contributed by atoms with Crippen LogP contribution in [0, 0.1) is 0 Å². The summed E-state index contributed by atoms with van der Waals surface area (Å²) in [6.45, 7) is 0.225. The lowest BCUT2D eigenvalue weighted by Crippen LogP contribution is -2.33. The van der Waals surface area contributed by atoms with E-state index in [4.69, 9.17) is 45.1 Å². The fourth-order valence-electron chi connectivity index (χ4n) is 4.77. The van der Waals surface area contributed by atoms with Crippen LogP contribution in [0.3, 0.4) is 0 Å². The molecule has 9 heteroatoms. The van der Waals surface area contributed by atoms with Crippen molar-refractivity contribution >= 4 is 17.3 Å². The molecule has 0 aliphatic carbocycles. The van der Waals surface area contributed by atoms with Crippen LogP contribution in [0.4, 0.5) is 0 Å². The summed E-state index contributed by atoms with van der Waals surface area (Å²) in [7, 11) is 4.76. The second kappa shape index (κ2) is 8.46. The van der Waals surface area contributed by atoms with Gasteiger partial charge in [0.2, 0.25) is 18.8 Å². The van der Waals surface area contributed by atoms with Gasteiger partial charge in [-0.3, -0.25) is 0 Å². The second-order valence-corrected chi connectivity index (χ2v) is 8.76. The molecule has 180 valence electrons. The summed E-state index contributed by atoms with van der Waals surface area (Å²) in [6.07, 6.45) is 0.158. The summed E-state index contributed by atoms with van der Waals surface area (Å²) in [6, 6.07) is 15.3. The monoisotopic (exact) mass is 494 g/mol. The van der Waals surface area contributed by atoms with Crippen molar-refractivity contribution < 1.29 is 28.4 Å². The molecule has 3 aliphatic heterocycles. The molecule has 35 heavy (non-hydrogen) atoms. The SMILES string of the molecule is COc1cc(C2Oc3ccc(Cl)cc3C3CC(c4ccc5c(c4)OCO5)=NN32)cc(OC)c1OC. The number of fused-ring (bicyclic) bond motifs is 4. The summed E-state index contributed by atoms with van der Waals surface area (Å²) in [5, 5.41) is 7.64. The molecule has 0 bridgehead atoms. The lowest BCUT2D eigenvalue weighted by Gasteiger charge is -2.38. The summed E-state index contributed by atoms with van der Waals surface area (Å²) < 4.78 is 34.2. The van der Waals surface area contributed by atoms with Crippen LogP contribution < -0.4 is 28.4 Å². The third-order valence-electron chi connectivity index (χ3n) is 6.43. The molecule has 0 N–H and O–H groups in total. The highest BCUT2D eigenvalue weighted by Gasteiger charge is 2.42. The topological polar surface area (TPSA) is 71.0 Å². The van der Waals surface area contributed by atoms with Crippen molar-refractivity contribution in [2.75, 3.05) is 28.1 Å². The first-order chi connectivity index (χ1) is 17.1. The highest BCUT2D eigenvalue weighted by atomic mass is 35.5. The van der Waals surface area contributed by atoms with Crippen LogP contribution in [0.25, 0.3) is 0 Å². The summed E-state index contributed by atoms with van der Waals surface area (Å²) in [5.74, 6) is 3.82. The Morgan fingerprint density at radius 1 is 0.886 bits per heavy atom. The quantitative estimate of drug-likeness (QED) is 0.474. The van der Waals surface area contributed by atoms with Crippen molar-refractivity contribution in [2.24, 2.45) is 5.10 Å². The Balaban J connectivity index is 1.46. The van der Waals surface area contributed by atoms with E-state index in [-0.39, 0.29) is 12.8 Å². The lowest BCUT2D eigenvalue weighted by molar-refractivity contribution is -0.0192. The van der Waals surface area contributed by atoms with Gasteiger partial charge in [-0.15, -0.1) is 0 Å². The number of hydrogen-bond acceptors (Lipinski definition) is 8. The highest BCUT2D eigenvalue weighted by molar-refractivity contribution is 6.30. The maximum Gasteiger partial charge on any atom is 0.231 e. The van der Waals surface area contributed by atoms with Crippen LogP contribution in [-0.2, 0) is 0 Å². The number of nitrogens with zero attached hydrogens (tertiary/aromatic N) is 2. The minimum absolute atomic E-state index is 0.0676. The first kappa shape index (κ1) is 21.7. The van der Waals surface area contributed by atoms with Crippen molar-refractivity contribution in [3.63, 3.8) is 0 Å². The summed E-state index contributed by atoms with van der Waals surface area (Å²) in [5.41, 5.74) is 3.69.